The second-order valence-electron chi connectivity index (χ2n) is 3.95. The van der Waals surface area contributed by atoms with E-state index in [4.69, 9.17) is 0 Å². The van der Waals surface area contributed by atoms with Gasteiger partial charge in [0.15, 0.2) is 0 Å². The zero-order chi connectivity index (χ0) is 12.3. The number of halogens is 2. The normalized spacial score (nSPS) is 12.3. The molecule has 0 aliphatic rings. The lowest BCUT2D eigenvalue weighted by atomic mass is 10.1. The van der Waals surface area contributed by atoms with E-state index in [0.29, 0.717) is 6.54 Å². The van der Waals surface area contributed by atoms with Gasteiger partial charge in [-0.25, -0.2) is 4.39 Å². The molecule has 1 rings (SSSR count). The summed E-state index contributed by atoms with van der Waals surface area (Å²) in [5.41, 5.74) is 1.01. The lowest BCUT2D eigenvalue weighted by Gasteiger charge is -2.19. The fraction of sp³-hybridized carbons (Fsp3) is 0.417. The topological polar surface area (TPSA) is 20.3 Å². The Kier molecular flexibility index (Phi) is 4.47. The molecule has 4 heteroatoms. The smallest absolute Gasteiger partial charge is 0.256 e. The van der Waals surface area contributed by atoms with Gasteiger partial charge in [-0.05, 0) is 19.1 Å². The van der Waals surface area contributed by atoms with Gasteiger partial charge < -0.3 is 4.90 Å². The summed E-state index contributed by atoms with van der Waals surface area (Å²) in [6, 6.07) is 4.56. The SMILES string of the molecule is Cc1ccc(F)c(C(=O)N(C)CC(C)Br)c1. The lowest BCUT2D eigenvalue weighted by Crippen LogP contribution is -2.31. The van der Waals surface area contributed by atoms with E-state index >= 15 is 0 Å². The van der Waals surface area contributed by atoms with Crippen molar-refractivity contribution in [3.63, 3.8) is 0 Å². The van der Waals surface area contributed by atoms with E-state index in [0.717, 1.165) is 5.56 Å². The van der Waals surface area contributed by atoms with Gasteiger partial charge in [0, 0.05) is 18.4 Å². The molecule has 0 aliphatic carbocycles. The standard InChI is InChI=1S/C12H15BrFNO/c1-8-4-5-11(14)10(6-8)12(16)15(3)7-9(2)13/h4-6,9H,7H2,1-3H3. The molecule has 0 aliphatic heterocycles. The third-order valence-electron chi connectivity index (χ3n) is 2.22. The zero-order valence-corrected chi connectivity index (χ0v) is 11.2. The van der Waals surface area contributed by atoms with Gasteiger partial charge in [-0.3, -0.25) is 4.79 Å². The van der Waals surface area contributed by atoms with Crippen molar-refractivity contribution in [2.75, 3.05) is 13.6 Å². The van der Waals surface area contributed by atoms with Gasteiger partial charge in [0.25, 0.3) is 5.91 Å². The number of hydrogen-bond donors (Lipinski definition) is 0. The summed E-state index contributed by atoms with van der Waals surface area (Å²) in [5.74, 6) is -0.753. The van der Waals surface area contributed by atoms with E-state index in [1.54, 1.807) is 19.2 Å². The quantitative estimate of drug-likeness (QED) is 0.783. The van der Waals surface area contributed by atoms with Crippen LogP contribution in [0.4, 0.5) is 4.39 Å². The second-order valence-corrected chi connectivity index (χ2v) is 5.51. The van der Waals surface area contributed by atoms with Gasteiger partial charge in [-0.2, -0.15) is 0 Å². The first kappa shape index (κ1) is 13.2. The Hall–Kier alpha value is -0.900. The Labute approximate surface area is 104 Å². The molecule has 0 saturated heterocycles. The number of aryl methyl sites for hydroxylation is 1. The molecule has 1 aromatic carbocycles. The predicted molar refractivity (Wildman–Crippen MR) is 66.5 cm³/mol. The van der Waals surface area contributed by atoms with E-state index in [2.05, 4.69) is 15.9 Å². The molecule has 1 unspecified atom stereocenters. The van der Waals surface area contributed by atoms with Crippen LogP contribution in [0.15, 0.2) is 18.2 Å². The summed E-state index contributed by atoms with van der Waals surface area (Å²) in [4.78, 5) is 13.6. The molecule has 0 N–H and O–H groups in total. The van der Waals surface area contributed by atoms with E-state index in [9.17, 15) is 9.18 Å². The molecule has 88 valence electrons. The molecule has 2 nitrogen and oxygen atoms in total. The molecule has 0 heterocycles. The second kappa shape index (κ2) is 5.43. The van der Waals surface area contributed by atoms with Crippen molar-refractivity contribution < 1.29 is 9.18 Å². The molecule has 0 fully saturated rings. The number of carbonyl (C=O) groups excluding carboxylic acids is 1. The van der Waals surface area contributed by atoms with Crippen molar-refractivity contribution in [1.29, 1.82) is 0 Å². The van der Waals surface area contributed by atoms with Crippen molar-refractivity contribution in [3.8, 4) is 0 Å². The van der Waals surface area contributed by atoms with E-state index in [1.807, 2.05) is 13.8 Å². The Balaban J connectivity index is 2.91. The number of rotatable bonds is 3. The van der Waals surface area contributed by atoms with E-state index in [1.165, 1.54) is 11.0 Å². The van der Waals surface area contributed by atoms with Crippen molar-refractivity contribution in [1.82, 2.24) is 4.90 Å². The number of hydrogen-bond acceptors (Lipinski definition) is 1. The van der Waals surface area contributed by atoms with Crippen LogP contribution in [-0.2, 0) is 0 Å². The fourth-order valence-corrected chi connectivity index (χ4v) is 1.90. The molecule has 1 atom stereocenters. The summed E-state index contributed by atoms with van der Waals surface area (Å²) in [5, 5.41) is 0. The van der Waals surface area contributed by atoms with Crippen molar-refractivity contribution >= 4 is 21.8 Å². The number of alkyl halides is 1. The number of benzene rings is 1. The highest BCUT2D eigenvalue weighted by Gasteiger charge is 2.17. The minimum atomic E-state index is -0.468. The molecule has 0 saturated carbocycles. The minimum absolute atomic E-state index is 0.135. The Bertz CT molecular complexity index is 393. The number of nitrogens with zero attached hydrogens (tertiary/aromatic N) is 1. The highest BCUT2D eigenvalue weighted by atomic mass is 79.9. The monoisotopic (exact) mass is 287 g/mol. The van der Waals surface area contributed by atoms with Crippen LogP contribution < -0.4 is 0 Å². The van der Waals surface area contributed by atoms with Crippen molar-refractivity contribution in [2.45, 2.75) is 18.7 Å². The van der Waals surface area contributed by atoms with Gasteiger partial charge >= 0.3 is 0 Å². The fourth-order valence-electron chi connectivity index (χ4n) is 1.47. The van der Waals surface area contributed by atoms with Crippen LogP contribution in [0.5, 0.6) is 0 Å². The van der Waals surface area contributed by atoms with E-state index < -0.39 is 5.82 Å². The predicted octanol–water partition coefficient (Wildman–Crippen LogP) is 2.99. The summed E-state index contributed by atoms with van der Waals surface area (Å²) in [7, 11) is 1.67. The van der Waals surface area contributed by atoms with Crippen LogP contribution >= 0.6 is 15.9 Å². The lowest BCUT2D eigenvalue weighted by molar-refractivity contribution is 0.0792. The van der Waals surface area contributed by atoms with Gasteiger partial charge in [0.2, 0.25) is 0 Å². The molecule has 0 spiro atoms. The third kappa shape index (κ3) is 3.30. The summed E-state index contributed by atoms with van der Waals surface area (Å²) >= 11 is 3.36. The average molecular weight is 288 g/mol. The number of carbonyl (C=O) groups is 1. The maximum Gasteiger partial charge on any atom is 0.256 e. The average Bonchev–Trinajstić information content (AvgIpc) is 2.19. The van der Waals surface area contributed by atoms with Crippen LogP contribution in [0, 0.1) is 12.7 Å². The van der Waals surface area contributed by atoms with Crippen LogP contribution in [0.2, 0.25) is 0 Å². The molecule has 1 amide bonds. The summed E-state index contributed by atoms with van der Waals surface area (Å²) in [6.07, 6.45) is 0. The van der Waals surface area contributed by atoms with Gasteiger partial charge in [-0.1, -0.05) is 34.5 Å². The highest BCUT2D eigenvalue weighted by molar-refractivity contribution is 9.09. The maximum absolute atomic E-state index is 13.5. The first-order valence-electron chi connectivity index (χ1n) is 5.07. The molecular weight excluding hydrogens is 273 g/mol. The largest absolute Gasteiger partial charge is 0.341 e. The maximum atomic E-state index is 13.5. The molecule has 1 aromatic rings. The zero-order valence-electron chi connectivity index (χ0n) is 9.63. The van der Waals surface area contributed by atoms with Crippen LogP contribution in [0.1, 0.15) is 22.8 Å². The Morgan fingerprint density at radius 1 is 1.56 bits per heavy atom. The first-order valence-corrected chi connectivity index (χ1v) is 5.99. The van der Waals surface area contributed by atoms with Crippen LogP contribution in [0.25, 0.3) is 0 Å². The van der Waals surface area contributed by atoms with E-state index in [-0.39, 0.29) is 16.3 Å². The third-order valence-corrected chi connectivity index (χ3v) is 2.51. The Morgan fingerprint density at radius 2 is 2.19 bits per heavy atom. The van der Waals surface area contributed by atoms with Crippen LogP contribution in [0.3, 0.4) is 0 Å². The first-order chi connectivity index (χ1) is 7.41. The molecular formula is C12H15BrFNO. The molecule has 0 bridgehead atoms. The summed E-state index contributed by atoms with van der Waals surface area (Å²) < 4.78 is 13.5. The highest BCUT2D eigenvalue weighted by Crippen LogP contribution is 2.13. The van der Waals surface area contributed by atoms with Crippen molar-refractivity contribution in [3.05, 3.63) is 35.1 Å². The Morgan fingerprint density at radius 3 is 2.75 bits per heavy atom. The molecule has 0 aromatic heterocycles. The van der Waals surface area contributed by atoms with Crippen molar-refractivity contribution in [2.24, 2.45) is 0 Å². The van der Waals surface area contributed by atoms with Gasteiger partial charge in [0.05, 0.1) is 5.56 Å². The minimum Gasteiger partial charge on any atom is -0.341 e. The van der Waals surface area contributed by atoms with Crippen LogP contribution in [-0.4, -0.2) is 29.2 Å². The number of amides is 1. The van der Waals surface area contributed by atoms with Gasteiger partial charge in [0.1, 0.15) is 5.82 Å². The molecule has 16 heavy (non-hydrogen) atoms. The van der Waals surface area contributed by atoms with Gasteiger partial charge in [-0.15, -0.1) is 0 Å². The summed E-state index contributed by atoms with van der Waals surface area (Å²) in [6.45, 7) is 4.33. The molecule has 0 radical (unpaired) electrons.